The zero-order valence-electron chi connectivity index (χ0n) is 12.8. The van der Waals surface area contributed by atoms with E-state index in [0.717, 1.165) is 33.7 Å². The third-order valence-corrected chi connectivity index (χ3v) is 6.22. The molecule has 0 radical (unpaired) electrons. The van der Waals surface area contributed by atoms with E-state index in [4.69, 9.17) is 4.42 Å². The normalized spacial score (nSPS) is 26.7. The highest BCUT2D eigenvalue weighted by molar-refractivity contribution is 7.18. The van der Waals surface area contributed by atoms with Crippen LogP contribution in [0, 0.1) is 5.92 Å². The van der Waals surface area contributed by atoms with Gasteiger partial charge in [0.15, 0.2) is 0 Å². The topological polar surface area (TPSA) is 47.1 Å². The van der Waals surface area contributed by atoms with E-state index in [0.29, 0.717) is 6.04 Å². The lowest BCUT2D eigenvalue weighted by molar-refractivity contribution is 0.0504. The number of aromatic nitrogens is 3. The molecule has 3 fully saturated rings. The second kappa shape index (κ2) is 5.32. The van der Waals surface area contributed by atoms with Crippen molar-refractivity contribution in [2.24, 2.45) is 5.92 Å². The Morgan fingerprint density at radius 2 is 2.00 bits per heavy atom. The van der Waals surface area contributed by atoms with Gasteiger partial charge >= 0.3 is 0 Å². The highest BCUT2D eigenvalue weighted by atomic mass is 32.1. The Morgan fingerprint density at radius 1 is 1.13 bits per heavy atom. The molecular weight excluding hydrogens is 308 g/mol. The minimum absolute atomic E-state index is 0.489. The molecule has 118 valence electrons. The molecule has 3 aromatic rings. The van der Waals surface area contributed by atoms with E-state index in [1.807, 2.05) is 12.1 Å². The number of furan rings is 1. The molecule has 0 saturated carbocycles. The summed E-state index contributed by atoms with van der Waals surface area (Å²) < 4.78 is 7.56. The van der Waals surface area contributed by atoms with Gasteiger partial charge in [-0.15, -0.1) is 16.4 Å². The Hall–Kier alpha value is -1.92. The van der Waals surface area contributed by atoms with Crippen LogP contribution in [0.4, 0.5) is 0 Å². The van der Waals surface area contributed by atoms with Gasteiger partial charge in [0.1, 0.15) is 11.5 Å². The minimum Gasteiger partial charge on any atom is -0.464 e. The molecule has 5 nitrogen and oxygen atoms in total. The molecule has 0 aliphatic carbocycles. The lowest BCUT2D eigenvalue weighted by atomic mass is 9.84. The van der Waals surface area contributed by atoms with Crippen molar-refractivity contribution < 1.29 is 4.42 Å². The van der Waals surface area contributed by atoms with Gasteiger partial charge in [0.2, 0.25) is 0 Å². The van der Waals surface area contributed by atoms with Gasteiger partial charge in [-0.2, -0.15) is 0 Å². The summed E-state index contributed by atoms with van der Waals surface area (Å²) in [6, 6.07) is 8.58. The van der Waals surface area contributed by atoms with Crippen LogP contribution in [0.15, 0.2) is 41.1 Å². The number of piperidine rings is 3. The molecule has 6 heteroatoms. The third-order valence-electron chi connectivity index (χ3n) is 5.09. The monoisotopic (exact) mass is 326 g/mol. The van der Waals surface area contributed by atoms with Crippen molar-refractivity contribution in [1.29, 1.82) is 0 Å². The summed E-state index contributed by atoms with van der Waals surface area (Å²) in [4.78, 5) is 4.82. The molecule has 3 aliphatic rings. The van der Waals surface area contributed by atoms with E-state index in [1.165, 1.54) is 25.9 Å². The summed E-state index contributed by atoms with van der Waals surface area (Å²) in [6.07, 6.45) is 6.41. The number of thiophene rings is 1. The molecular formula is C17H18N4OS. The predicted molar refractivity (Wildman–Crippen MR) is 89.2 cm³/mol. The first-order valence-electron chi connectivity index (χ1n) is 8.15. The minimum atomic E-state index is 0.489. The van der Waals surface area contributed by atoms with Crippen LogP contribution in [0.2, 0.25) is 0 Å². The van der Waals surface area contributed by atoms with Gasteiger partial charge in [0.25, 0.3) is 0 Å². The first kappa shape index (κ1) is 13.5. The fraction of sp³-hybridized carbons (Fsp3) is 0.412. The third kappa shape index (κ3) is 2.33. The molecule has 0 spiro atoms. The fourth-order valence-electron chi connectivity index (χ4n) is 3.81. The van der Waals surface area contributed by atoms with Crippen molar-refractivity contribution in [3.63, 3.8) is 0 Å². The van der Waals surface area contributed by atoms with E-state index in [-0.39, 0.29) is 0 Å². The summed E-state index contributed by atoms with van der Waals surface area (Å²) in [5.74, 6) is 1.67. The van der Waals surface area contributed by atoms with Crippen LogP contribution in [-0.2, 0) is 0 Å². The molecule has 0 N–H and O–H groups in total. The quantitative estimate of drug-likeness (QED) is 0.739. The largest absolute Gasteiger partial charge is 0.464 e. The summed E-state index contributed by atoms with van der Waals surface area (Å²) in [5, 5.41) is 8.84. The molecule has 3 aliphatic heterocycles. The van der Waals surface area contributed by atoms with Gasteiger partial charge in [-0.25, -0.2) is 4.68 Å². The number of rotatable bonds is 3. The van der Waals surface area contributed by atoms with Crippen molar-refractivity contribution in [2.75, 3.05) is 19.6 Å². The predicted octanol–water partition coefficient (Wildman–Crippen LogP) is 3.53. The van der Waals surface area contributed by atoms with Crippen molar-refractivity contribution >= 4 is 11.3 Å². The smallest absolute Gasteiger partial charge is 0.143 e. The van der Waals surface area contributed by atoms with Crippen LogP contribution in [0.3, 0.4) is 0 Å². The lowest BCUT2D eigenvalue weighted by Crippen LogP contribution is -2.48. The van der Waals surface area contributed by atoms with Crippen LogP contribution in [0.5, 0.6) is 0 Å². The standard InChI is InChI=1S/C17H18N4OS/c1-2-15(22-9-1)17-4-3-16(23-17)13-10-21(19-18-13)14-11-20-7-5-12(14)6-8-20/h1-4,9-10,12,14H,5-8,11H2/t14-/m0/s1. The highest BCUT2D eigenvalue weighted by Gasteiger charge is 2.35. The van der Waals surface area contributed by atoms with Gasteiger partial charge in [-0.05, 0) is 56.1 Å². The number of hydrogen-bond donors (Lipinski definition) is 0. The second-order valence-corrected chi connectivity index (χ2v) is 7.51. The fourth-order valence-corrected chi connectivity index (χ4v) is 4.74. The van der Waals surface area contributed by atoms with Crippen LogP contribution < -0.4 is 0 Å². The maximum absolute atomic E-state index is 5.47. The molecule has 23 heavy (non-hydrogen) atoms. The Kier molecular flexibility index (Phi) is 3.12. The number of hydrogen-bond acceptors (Lipinski definition) is 5. The molecule has 0 unspecified atom stereocenters. The van der Waals surface area contributed by atoms with E-state index in [1.54, 1.807) is 17.6 Å². The molecule has 0 amide bonds. The maximum Gasteiger partial charge on any atom is 0.143 e. The van der Waals surface area contributed by atoms with Crippen molar-refractivity contribution in [2.45, 2.75) is 18.9 Å². The van der Waals surface area contributed by atoms with Gasteiger partial charge in [0, 0.05) is 6.54 Å². The Balaban J connectivity index is 1.41. The highest BCUT2D eigenvalue weighted by Crippen LogP contribution is 2.37. The van der Waals surface area contributed by atoms with Crippen LogP contribution in [0.1, 0.15) is 18.9 Å². The molecule has 3 saturated heterocycles. The maximum atomic E-state index is 5.47. The van der Waals surface area contributed by atoms with E-state index >= 15 is 0 Å². The Labute approximate surface area is 138 Å². The van der Waals surface area contributed by atoms with Gasteiger partial charge < -0.3 is 9.32 Å². The van der Waals surface area contributed by atoms with Crippen molar-refractivity contribution in [3.8, 4) is 21.2 Å². The molecule has 0 aromatic carbocycles. The molecule has 1 atom stereocenters. The lowest BCUT2D eigenvalue weighted by Gasteiger charge is -2.44. The van der Waals surface area contributed by atoms with Crippen LogP contribution in [-0.4, -0.2) is 39.5 Å². The summed E-state index contributed by atoms with van der Waals surface area (Å²) in [5.41, 5.74) is 0.962. The number of fused-ring (bicyclic) bond motifs is 3. The first-order chi connectivity index (χ1) is 11.4. The van der Waals surface area contributed by atoms with E-state index in [9.17, 15) is 0 Å². The summed E-state index contributed by atoms with van der Waals surface area (Å²) in [7, 11) is 0. The molecule has 3 aromatic heterocycles. The Morgan fingerprint density at radius 3 is 2.74 bits per heavy atom. The summed E-state index contributed by atoms with van der Waals surface area (Å²) in [6.45, 7) is 3.62. The summed E-state index contributed by atoms with van der Waals surface area (Å²) >= 11 is 1.70. The van der Waals surface area contributed by atoms with Gasteiger partial charge in [-0.3, -0.25) is 0 Å². The van der Waals surface area contributed by atoms with Crippen molar-refractivity contribution in [1.82, 2.24) is 19.9 Å². The number of nitrogens with zero attached hydrogens (tertiary/aromatic N) is 4. The average Bonchev–Trinajstić information content (AvgIpc) is 3.35. The average molecular weight is 326 g/mol. The SMILES string of the molecule is c1coc(-c2ccc(-c3cn([C@H]4CN5CCC4CC5)nn3)s2)c1. The van der Waals surface area contributed by atoms with Crippen molar-refractivity contribution in [3.05, 3.63) is 36.7 Å². The van der Waals surface area contributed by atoms with Crippen LogP contribution >= 0.6 is 11.3 Å². The zero-order valence-corrected chi connectivity index (χ0v) is 13.6. The van der Waals surface area contributed by atoms with E-state index in [2.05, 4.69) is 38.2 Å². The molecule has 6 rings (SSSR count). The second-order valence-electron chi connectivity index (χ2n) is 6.43. The van der Waals surface area contributed by atoms with Gasteiger partial charge in [-0.1, -0.05) is 5.21 Å². The molecule has 2 bridgehead atoms. The Bertz CT molecular complexity index is 798. The zero-order chi connectivity index (χ0) is 15.2. The molecule has 6 heterocycles. The van der Waals surface area contributed by atoms with Crippen LogP contribution in [0.25, 0.3) is 21.2 Å². The van der Waals surface area contributed by atoms with Gasteiger partial charge in [0.05, 0.1) is 28.3 Å². The van der Waals surface area contributed by atoms with E-state index < -0.39 is 0 Å². The first-order valence-corrected chi connectivity index (χ1v) is 8.97.